The Kier molecular flexibility index (Phi) is 6.83. The van der Waals surface area contributed by atoms with Crippen LogP contribution in [0.1, 0.15) is 51.5 Å². The lowest BCUT2D eigenvalue weighted by Gasteiger charge is -2.31. The van der Waals surface area contributed by atoms with Gasteiger partial charge in [-0.15, -0.1) is 0 Å². The van der Waals surface area contributed by atoms with Gasteiger partial charge in [-0.05, 0) is 44.7 Å². The predicted molar refractivity (Wildman–Crippen MR) is 98.0 cm³/mol. The average Bonchev–Trinajstić information content (AvgIpc) is 2.60. The first-order chi connectivity index (χ1) is 11.5. The molecule has 1 aromatic carbocycles. The molecule has 0 saturated carbocycles. The van der Waals surface area contributed by atoms with Gasteiger partial charge in [-0.2, -0.15) is 0 Å². The fourth-order valence-electron chi connectivity index (χ4n) is 3.22. The Morgan fingerprint density at radius 2 is 1.75 bits per heavy atom. The summed E-state index contributed by atoms with van der Waals surface area (Å²) < 4.78 is 0. The molecule has 1 aliphatic heterocycles. The molecule has 0 bridgehead atoms. The molecular weight excluding hydrogens is 300 g/mol. The number of anilines is 1. The normalized spacial score (nSPS) is 15.9. The van der Waals surface area contributed by atoms with Gasteiger partial charge in [0.25, 0.3) is 0 Å². The second-order valence-electron chi connectivity index (χ2n) is 6.89. The summed E-state index contributed by atoms with van der Waals surface area (Å²) in [6, 6.07) is 7.86. The average molecular weight is 330 g/mol. The van der Waals surface area contributed by atoms with Crippen LogP contribution in [0, 0.1) is 12.8 Å². The molecule has 0 spiro atoms. The fraction of sp³-hybridized carbons (Fsp3) is 0.600. The van der Waals surface area contributed by atoms with Crippen molar-refractivity contribution in [2.75, 3.05) is 24.5 Å². The van der Waals surface area contributed by atoms with Crippen molar-refractivity contribution in [3.05, 3.63) is 29.8 Å². The van der Waals surface area contributed by atoms with Gasteiger partial charge in [-0.1, -0.05) is 38.0 Å². The Balaban J connectivity index is 2.16. The van der Waals surface area contributed by atoms with Crippen LogP contribution in [-0.2, 0) is 9.59 Å². The summed E-state index contributed by atoms with van der Waals surface area (Å²) in [7, 11) is 0. The van der Waals surface area contributed by atoms with Crippen LogP contribution in [0.15, 0.2) is 24.3 Å². The van der Waals surface area contributed by atoms with Crippen LogP contribution in [0.2, 0.25) is 0 Å². The van der Waals surface area contributed by atoms with Gasteiger partial charge in [-0.3, -0.25) is 9.59 Å². The quantitative estimate of drug-likeness (QED) is 0.796. The maximum Gasteiger partial charge on any atom is 0.242 e. The molecule has 1 aromatic rings. The standard InChI is InChI=1S/C20H30N2O2/c1-4-8-17(3)20(24)22(18-11-9-16(2)10-12-18)15-19(23)21-13-6-5-7-14-21/h9-12,17H,4-8,13-15H2,1-3H3. The Labute approximate surface area is 145 Å². The lowest BCUT2D eigenvalue weighted by molar-refractivity contribution is -0.132. The number of benzene rings is 1. The summed E-state index contributed by atoms with van der Waals surface area (Å²) in [5, 5.41) is 0. The Hall–Kier alpha value is -1.84. The minimum Gasteiger partial charge on any atom is -0.341 e. The van der Waals surface area contributed by atoms with Crippen LogP contribution in [0.4, 0.5) is 5.69 Å². The summed E-state index contributed by atoms with van der Waals surface area (Å²) >= 11 is 0. The number of nitrogens with zero attached hydrogens (tertiary/aromatic N) is 2. The van der Waals surface area contributed by atoms with E-state index in [0.29, 0.717) is 0 Å². The molecule has 132 valence electrons. The van der Waals surface area contributed by atoms with Gasteiger partial charge < -0.3 is 9.80 Å². The summed E-state index contributed by atoms with van der Waals surface area (Å²) in [6.07, 6.45) is 5.14. The van der Waals surface area contributed by atoms with Crippen molar-refractivity contribution >= 4 is 17.5 Å². The number of hydrogen-bond acceptors (Lipinski definition) is 2. The van der Waals surface area contributed by atoms with E-state index >= 15 is 0 Å². The van der Waals surface area contributed by atoms with Crippen molar-refractivity contribution in [1.82, 2.24) is 4.90 Å². The van der Waals surface area contributed by atoms with E-state index in [1.165, 1.54) is 6.42 Å². The van der Waals surface area contributed by atoms with Gasteiger partial charge in [0.15, 0.2) is 0 Å². The number of likely N-dealkylation sites (tertiary alicyclic amines) is 1. The topological polar surface area (TPSA) is 40.6 Å². The molecule has 0 aliphatic carbocycles. The largest absolute Gasteiger partial charge is 0.341 e. The van der Waals surface area contributed by atoms with E-state index in [2.05, 4.69) is 6.92 Å². The highest BCUT2D eigenvalue weighted by molar-refractivity contribution is 5.99. The SMILES string of the molecule is CCCC(C)C(=O)N(CC(=O)N1CCCCC1)c1ccc(C)cc1. The van der Waals surface area contributed by atoms with Gasteiger partial charge in [-0.25, -0.2) is 0 Å². The number of rotatable bonds is 6. The van der Waals surface area contributed by atoms with Crippen molar-refractivity contribution in [1.29, 1.82) is 0 Å². The minimum atomic E-state index is -0.0644. The highest BCUT2D eigenvalue weighted by Crippen LogP contribution is 2.20. The minimum absolute atomic E-state index is 0.0473. The molecule has 1 heterocycles. The van der Waals surface area contributed by atoms with E-state index in [4.69, 9.17) is 0 Å². The van der Waals surface area contributed by atoms with Gasteiger partial charge >= 0.3 is 0 Å². The first kappa shape index (κ1) is 18.5. The van der Waals surface area contributed by atoms with Gasteiger partial charge in [0, 0.05) is 24.7 Å². The maximum atomic E-state index is 12.9. The zero-order valence-corrected chi connectivity index (χ0v) is 15.3. The molecule has 1 atom stereocenters. The molecule has 0 radical (unpaired) electrons. The van der Waals surface area contributed by atoms with Gasteiger partial charge in [0.05, 0.1) is 0 Å². The van der Waals surface area contributed by atoms with Gasteiger partial charge in [0.2, 0.25) is 11.8 Å². The lowest BCUT2D eigenvalue weighted by Crippen LogP contribution is -2.46. The van der Waals surface area contributed by atoms with E-state index in [9.17, 15) is 9.59 Å². The third-order valence-electron chi connectivity index (χ3n) is 4.76. The second kappa shape index (κ2) is 8.86. The number of aryl methyl sites for hydroxylation is 1. The zero-order valence-electron chi connectivity index (χ0n) is 15.3. The summed E-state index contributed by atoms with van der Waals surface area (Å²) in [5.41, 5.74) is 1.97. The molecule has 0 aromatic heterocycles. The van der Waals surface area contributed by atoms with Crippen molar-refractivity contribution in [2.24, 2.45) is 5.92 Å². The molecule has 1 aliphatic rings. The third kappa shape index (κ3) is 4.83. The zero-order chi connectivity index (χ0) is 17.5. The highest BCUT2D eigenvalue weighted by Gasteiger charge is 2.26. The Morgan fingerprint density at radius 1 is 1.12 bits per heavy atom. The van der Waals surface area contributed by atoms with Crippen LogP contribution in [0.5, 0.6) is 0 Å². The molecule has 4 heteroatoms. The molecule has 2 rings (SSSR count). The summed E-state index contributed by atoms with van der Waals surface area (Å²) in [5.74, 6) is 0.0452. The van der Waals surface area contributed by atoms with Crippen molar-refractivity contribution in [2.45, 2.75) is 52.9 Å². The Bertz CT molecular complexity index is 547. The highest BCUT2D eigenvalue weighted by atomic mass is 16.2. The molecule has 1 saturated heterocycles. The molecular formula is C20H30N2O2. The molecule has 1 unspecified atom stereocenters. The number of carbonyl (C=O) groups excluding carboxylic acids is 2. The fourth-order valence-corrected chi connectivity index (χ4v) is 3.22. The monoisotopic (exact) mass is 330 g/mol. The first-order valence-corrected chi connectivity index (χ1v) is 9.18. The van der Waals surface area contributed by atoms with Crippen LogP contribution >= 0.6 is 0 Å². The summed E-state index contributed by atoms with van der Waals surface area (Å²) in [6.45, 7) is 7.85. The van der Waals surface area contributed by atoms with Crippen molar-refractivity contribution in [3.8, 4) is 0 Å². The van der Waals surface area contributed by atoms with Crippen molar-refractivity contribution < 1.29 is 9.59 Å². The van der Waals surface area contributed by atoms with E-state index in [0.717, 1.165) is 50.0 Å². The molecule has 2 amide bonds. The molecule has 1 fully saturated rings. The lowest BCUT2D eigenvalue weighted by atomic mass is 10.0. The second-order valence-corrected chi connectivity index (χ2v) is 6.89. The van der Waals surface area contributed by atoms with Crippen LogP contribution in [-0.4, -0.2) is 36.3 Å². The smallest absolute Gasteiger partial charge is 0.242 e. The number of amides is 2. The number of hydrogen-bond donors (Lipinski definition) is 0. The molecule has 24 heavy (non-hydrogen) atoms. The van der Waals surface area contributed by atoms with Crippen LogP contribution in [0.3, 0.4) is 0 Å². The van der Waals surface area contributed by atoms with E-state index in [1.807, 2.05) is 43.0 Å². The first-order valence-electron chi connectivity index (χ1n) is 9.18. The third-order valence-corrected chi connectivity index (χ3v) is 4.76. The molecule has 0 N–H and O–H groups in total. The Morgan fingerprint density at radius 3 is 2.33 bits per heavy atom. The van der Waals surface area contributed by atoms with Crippen molar-refractivity contribution in [3.63, 3.8) is 0 Å². The van der Waals surface area contributed by atoms with Gasteiger partial charge in [0.1, 0.15) is 6.54 Å². The molecule has 4 nitrogen and oxygen atoms in total. The summed E-state index contributed by atoms with van der Waals surface area (Å²) in [4.78, 5) is 29.1. The number of piperidine rings is 1. The van der Waals surface area contributed by atoms with E-state index in [-0.39, 0.29) is 24.3 Å². The van der Waals surface area contributed by atoms with Crippen LogP contribution in [0.25, 0.3) is 0 Å². The maximum absolute atomic E-state index is 12.9. The number of carbonyl (C=O) groups is 2. The predicted octanol–water partition coefficient (Wildman–Crippen LogP) is 3.78. The van der Waals surface area contributed by atoms with Crippen LogP contribution < -0.4 is 4.90 Å². The van der Waals surface area contributed by atoms with E-state index < -0.39 is 0 Å². The van der Waals surface area contributed by atoms with E-state index in [1.54, 1.807) is 4.90 Å².